The number of benzene rings is 1. The van der Waals surface area contributed by atoms with E-state index in [0.717, 1.165) is 17.8 Å². The van der Waals surface area contributed by atoms with Crippen LogP contribution in [0.2, 0.25) is 6.32 Å². The number of hydrogen-bond acceptors (Lipinski definition) is 6. The summed E-state index contributed by atoms with van der Waals surface area (Å²) in [5.74, 6) is -0.142. The van der Waals surface area contributed by atoms with Gasteiger partial charge in [-0.05, 0) is 12.4 Å². The summed E-state index contributed by atoms with van der Waals surface area (Å²) >= 11 is 1.11. The SMILES string of the molecule is [B]CC(=O)C(C)CSc1ccc([N+](=O)[O-])cc1[N+](=O)[O-]. The van der Waals surface area contributed by atoms with Crippen molar-refractivity contribution in [2.75, 3.05) is 5.75 Å². The molecule has 104 valence electrons. The number of Topliss-reactive ketones (excluding diaryl/α,β-unsaturated/α-hetero) is 1. The zero-order chi connectivity index (χ0) is 15.3. The molecule has 0 bridgehead atoms. The maximum absolute atomic E-state index is 11.3. The van der Waals surface area contributed by atoms with Crippen LogP contribution < -0.4 is 0 Å². The van der Waals surface area contributed by atoms with Gasteiger partial charge in [0.1, 0.15) is 5.78 Å². The molecule has 0 aliphatic rings. The Bertz CT molecular complexity index is 552. The minimum Gasteiger partial charge on any atom is -0.300 e. The standard InChI is InChI=1S/C11H11BN2O5S/c1-7(10(15)5-12)6-20-11-3-2-8(13(16)17)4-9(11)14(18)19/h2-4,7H,5-6H2,1H3. The molecule has 1 rings (SSSR count). The summed E-state index contributed by atoms with van der Waals surface area (Å²) in [6.45, 7) is 1.68. The molecule has 1 atom stereocenters. The summed E-state index contributed by atoms with van der Waals surface area (Å²) in [6, 6.07) is 3.43. The molecule has 2 radical (unpaired) electrons. The molecule has 0 N–H and O–H groups in total. The van der Waals surface area contributed by atoms with Crippen molar-refractivity contribution >= 4 is 36.8 Å². The minimum absolute atomic E-state index is 0.0793. The van der Waals surface area contributed by atoms with Crippen LogP contribution in [0.1, 0.15) is 6.92 Å². The number of nitrogens with zero attached hydrogens (tertiary/aromatic N) is 2. The highest BCUT2D eigenvalue weighted by Gasteiger charge is 2.21. The highest BCUT2D eigenvalue weighted by Crippen LogP contribution is 2.33. The monoisotopic (exact) mass is 294 g/mol. The maximum Gasteiger partial charge on any atom is 0.289 e. The Balaban J connectivity index is 2.92. The zero-order valence-corrected chi connectivity index (χ0v) is 11.5. The molecule has 0 aliphatic heterocycles. The van der Waals surface area contributed by atoms with Crippen LogP contribution in [-0.2, 0) is 4.79 Å². The molecule has 0 saturated heterocycles. The average molecular weight is 294 g/mol. The predicted octanol–water partition coefficient (Wildman–Crippen LogP) is 2.39. The van der Waals surface area contributed by atoms with E-state index in [-0.39, 0.29) is 34.3 Å². The molecule has 0 amide bonds. The lowest BCUT2D eigenvalue weighted by molar-refractivity contribution is -0.396. The summed E-state index contributed by atoms with van der Waals surface area (Å²) < 4.78 is 0. The van der Waals surface area contributed by atoms with Crippen LogP contribution in [0.3, 0.4) is 0 Å². The number of nitro benzene ring substituents is 2. The number of ketones is 1. The van der Waals surface area contributed by atoms with Crippen LogP contribution in [0.4, 0.5) is 11.4 Å². The van der Waals surface area contributed by atoms with Gasteiger partial charge in [-0.2, -0.15) is 0 Å². The lowest BCUT2D eigenvalue weighted by Gasteiger charge is -2.08. The Morgan fingerprint density at radius 3 is 2.50 bits per heavy atom. The fourth-order valence-corrected chi connectivity index (χ4v) is 2.45. The molecule has 0 aromatic heterocycles. The Morgan fingerprint density at radius 1 is 1.35 bits per heavy atom. The zero-order valence-electron chi connectivity index (χ0n) is 10.6. The van der Waals surface area contributed by atoms with Gasteiger partial charge in [-0.3, -0.25) is 20.2 Å². The second-order valence-corrected chi connectivity index (χ2v) is 5.11. The number of rotatable bonds is 7. The summed E-state index contributed by atoms with van der Waals surface area (Å²) in [6.07, 6.45) is -0.0793. The maximum atomic E-state index is 11.3. The first-order chi connectivity index (χ1) is 9.36. The molecular weight excluding hydrogens is 283 g/mol. The Hall–Kier alpha value is -1.90. The second-order valence-electron chi connectivity index (χ2n) is 4.05. The van der Waals surface area contributed by atoms with Gasteiger partial charge < -0.3 is 4.79 Å². The van der Waals surface area contributed by atoms with Gasteiger partial charge in [-0.25, -0.2) is 0 Å². The Kier molecular flexibility index (Phi) is 5.69. The normalized spacial score (nSPS) is 11.8. The van der Waals surface area contributed by atoms with E-state index >= 15 is 0 Å². The fraction of sp³-hybridized carbons (Fsp3) is 0.364. The van der Waals surface area contributed by atoms with E-state index in [1.54, 1.807) is 6.92 Å². The van der Waals surface area contributed by atoms with Crippen molar-refractivity contribution in [1.29, 1.82) is 0 Å². The third-order valence-electron chi connectivity index (χ3n) is 2.59. The first kappa shape index (κ1) is 16.2. The Labute approximate surface area is 120 Å². The highest BCUT2D eigenvalue weighted by atomic mass is 32.2. The largest absolute Gasteiger partial charge is 0.300 e. The van der Waals surface area contributed by atoms with E-state index in [9.17, 15) is 25.0 Å². The van der Waals surface area contributed by atoms with Crippen molar-refractivity contribution in [3.05, 3.63) is 38.4 Å². The van der Waals surface area contributed by atoms with Crippen LogP contribution in [0, 0.1) is 26.1 Å². The van der Waals surface area contributed by atoms with Gasteiger partial charge in [0.2, 0.25) is 0 Å². The van der Waals surface area contributed by atoms with Gasteiger partial charge in [-0.1, -0.05) is 6.92 Å². The molecule has 1 unspecified atom stereocenters. The van der Waals surface area contributed by atoms with Gasteiger partial charge in [0, 0.05) is 17.7 Å². The molecule has 20 heavy (non-hydrogen) atoms. The van der Waals surface area contributed by atoms with Crippen molar-refractivity contribution in [3.63, 3.8) is 0 Å². The topological polar surface area (TPSA) is 103 Å². The molecule has 1 aromatic rings. The molecule has 1 aromatic carbocycles. The van der Waals surface area contributed by atoms with E-state index in [0.29, 0.717) is 5.75 Å². The molecule has 0 heterocycles. The van der Waals surface area contributed by atoms with Crippen molar-refractivity contribution in [3.8, 4) is 0 Å². The van der Waals surface area contributed by atoms with Crippen LogP contribution >= 0.6 is 11.8 Å². The second kappa shape index (κ2) is 7.04. The van der Waals surface area contributed by atoms with E-state index in [4.69, 9.17) is 7.85 Å². The molecule has 0 saturated carbocycles. The van der Waals surface area contributed by atoms with E-state index < -0.39 is 9.85 Å². The summed E-state index contributed by atoms with van der Waals surface area (Å²) in [4.78, 5) is 31.8. The first-order valence-corrected chi connectivity index (χ1v) is 6.63. The summed E-state index contributed by atoms with van der Waals surface area (Å²) in [5, 5.41) is 21.5. The molecule has 0 spiro atoms. The van der Waals surface area contributed by atoms with Crippen molar-refractivity contribution < 1.29 is 14.6 Å². The van der Waals surface area contributed by atoms with Crippen LogP contribution in [0.15, 0.2) is 23.1 Å². The van der Waals surface area contributed by atoms with Gasteiger partial charge in [0.25, 0.3) is 11.4 Å². The van der Waals surface area contributed by atoms with Gasteiger partial charge in [-0.15, -0.1) is 11.8 Å². The van der Waals surface area contributed by atoms with Crippen molar-refractivity contribution in [1.82, 2.24) is 0 Å². The van der Waals surface area contributed by atoms with Crippen molar-refractivity contribution in [2.24, 2.45) is 5.92 Å². The van der Waals surface area contributed by atoms with Gasteiger partial charge in [0.15, 0.2) is 0 Å². The van der Waals surface area contributed by atoms with E-state index in [2.05, 4.69) is 0 Å². The molecular formula is C11H11BN2O5S. The van der Waals surface area contributed by atoms with Crippen LogP contribution in [0.5, 0.6) is 0 Å². The number of carbonyl (C=O) groups excluding carboxylic acids is 1. The molecule has 0 fully saturated rings. The number of nitro groups is 2. The van der Waals surface area contributed by atoms with Crippen LogP contribution in [-0.4, -0.2) is 29.2 Å². The Morgan fingerprint density at radius 2 is 2.00 bits per heavy atom. The molecule has 0 aliphatic carbocycles. The lowest BCUT2D eigenvalue weighted by atomic mass is 9.94. The van der Waals surface area contributed by atoms with Crippen LogP contribution in [0.25, 0.3) is 0 Å². The van der Waals surface area contributed by atoms with E-state index in [1.807, 2.05) is 0 Å². The fourth-order valence-electron chi connectivity index (χ4n) is 1.39. The van der Waals surface area contributed by atoms with Gasteiger partial charge in [0.05, 0.1) is 28.7 Å². The summed E-state index contributed by atoms with van der Waals surface area (Å²) in [5.41, 5.74) is -0.677. The first-order valence-electron chi connectivity index (χ1n) is 5.65. The van der Waals surface area contributed by atoms with Crippen molar-refractivity contribution in [2.45, 2.75) is 18.1 Å². The third kappa shape index (κ3) is 4.05. The average Bonchev–Trinajstić information content (AvgIpc) is 2.43. The van der Waals surface area contributed by atoms with E-state index in [1.165, 1.54) is 12.1 Å². The smallest absolute Gasteiger partial charge is 0.289 e. The predicted molar refractivity (Wildman–Crippen MR) is 75.2 cm³/mol. The van der Waals surface area contributed by atoms with Gasteiger partial charge >= 0.3 is 0 Å². The quantitative estimate of drug-likeness (QED) is 0.331. The highest BCUT2D eigenvalue weighted by molar-refractivity contribution is 7.99. The number of non-ortho nitro benzene ring substituents is 1. The number of carbonyl (C=O) groups is 1. The lowest BCUT2D eigenvalue weighted by Crippen LogP contribution is -2.12. The summed E-state index contributed by atoms with van der Waals surface area (Å²) in [7, 11) is 5.23. The number of hydrogen-bond donors (Lipinski definition) is 0. The molecule has 7 nitrogen and oxygen atoms in total. The third-order valence-corrected chi connectivity index (χ3v) is 3.91. The number of thioether (sulfide) groups is 1. The molecule has 9 heteroatoms. The minimum atomic E-state index is -0.692.